The molecule has 0 saturated carbocycles. The zero-order chi connectivity index (χ0) is 11.8. The van der Waals surface area contributed by atoms with E-state index in [0.717, 1.165) is 33.1 Å². The van der Waals surface area contributed by atoms with Crippen molar-refractivity contribution in [1.82, 2.24) is 9.97 Å². The summed E-state index contributed by atoms with van der Waals surface area (Å²) in [7, 11) is 0. The van der Waals surface area contributed by atoms with E-state index in [1.54, 1.807) is 6.20 Å². The van der Waals surface area contributed by atoms with Gasteiger partial charge in [0.05, 0.1) is 17.6 Å². The third kappa shape index (κ3) is 1.56. The van der Waals surface area contributed by atoms with Gasteiger partial charge < -0.3 is 5.11 Å². The van der Waals surface area contributed by atoms with Crippen molar-refractivity contribution in [2.75, 3.05) is 0 Å². The Kier molecular flexibility index (Phi) is 2.27. The number of benzene rings is 1. The molecule has 0 radical (unpaired) electrons. The molecule has 1 aromatic carbocycles. The van der Waals surface area contributed by atoms with Crippen LogP contribution in [-0.2, 0) is 6.61 Å². The third-order valence-corrected chi connectivity index (χ3v) is 2.94. The Morgan fingerprint density at radius 2 is 2.06 bits per heavy atom. The van der Waals surface area contributed by atoms with E-state index in [-0.39, 0.29) is 6.61 Å². The van der Waals surface area contributed by atoms with Crippen LogP contribution in [0.15, 0.2) is 36.5 Å². The van der Waals surface area contributed by atoms with Crippen LogP contribution in [0.3, 0.4) is 0 Å². The molecule has 3 heteroatoms. The Bertz CT molecular complexity index is 707. The summed E-state index contributed by atoms with van der Waals surface area (Å²) in [6, 6.07) is 9.81. The van der Waals surface area contributed by atoms with Gasteiger partial charge in [-0.15, -0.1) is 0 Å². The molecule has 0 amide bonds. The lowest BCUT2D eigenvalue weighted by molar-refractivity contribution is 0.283. The van der Waals surface area contributed by atoms with Crippen molar-refractivity contribution in [3.63, 3.8) is 0 Å². The van der Waals surface area contributed by atoms with Crippen molar-refractivity contribution in [3.8, 4) is 0 Å². The molecule has 0 spiro atoms. The smallest absolute Gasteiger partial charge is 0.0968 e. The van der Waals surface area contributed by atoms with Crippen molar-refractivity contribution in [3.05, 3.63) is 47.8 Å². The summed E-state index contributed by atoms with van der Waals surface area (Å²) in [5.41, 5.74) is 3.63. The molecule has 2 aromatic heterocycles. The molecule has 3 aromatic rings. The highest BCUT2D eigenvalue weighted by molar-refractivity contribution is 6.04. The Hall–Kier alpha value is -2.00. The minimum absolute atomic E-state index is 0.0199. The number of aliphatic hydroxyl groups excluding tert-OH is 1. The van der Waals surface area contributed by atoms with E-state index in [4.69, 9.17) is 0 Å². The Labute approximate surface area is 98.8 Å². The second-order valence-corrected chi connectivity index (χ2v) is 4.12. The molecule has 0 aliphatic carbocycles. The average molecular weight is 224 g/mol. The minimum Gasteiger partial charge on any atom is -0.392 e. The van der Waals surface area contributed by atoms with E-state index in [2.05, 4.69) is 9.97 Å². The molecule has 3 nitrogen and oxygen atoms in total. The number of pyridine rings is 2. The summed E-state index contributed by atoms with van der Waals surface area (Å²) < 4.78 is 0. The molecule has 1 N–H and O–H groups in total. The lowest BCUT2D eigenvalue weighted by Crippen LogP contribution is -1.92. The van der Waals surface area contributed by atoms with E-state index in [1.165, 1.54) is 0 Å². The van der Waals surface area contributed by atoms with Crippen molar-refractivity contribution >= 4 is 21.8 Å². The van der Waals surface area contributed by atoms with Gasteiger partial charge in [-0.2, -0.15) is 0 Å². The normalized spacial score (nSPS) is 11.2. The fourth-order valence-electron chi connectivity index (χ4n) is 2.12. The maximum absolute atomic E-state index is 9.40. The van der Waals surface area contributed by atoms with Gasteiger partial charge in [0.1, 0.15) is 0 Å². The van der Waals surface area contributed by atoms with Crippen LogP contribution in [0.5, 0.6) is 0 Å². The van der Waals surface area contributed by atoms with Crippen LogP contribution in [0.2, 0.25) is 0 Å². The first-order valence-corrected chi connectivity index (χ1v) is 5.54. The van der Waals surface area contributed by atoms with Gasteiger partial charge in [0.25, 0.3) is 0 Å². The van der Waals surface area contributed by atoms with Gasteiger partial charge in [-0.1, -0.05) is 12.1 Å². The fourth-order valence-corrected chi connectivity index (χ4v) is 2.12. The first-order chi connectivity index (χ1) is 8.29. The van der Waals surface area contributed by atoms with Crippen molar-refractivity contribution in [2.24, 2.45) is 0 Å². The van der Waals surface area contributed by atoms with Gasteiger partial charge in [-0.3, -0.25) is 9.97 Å². The molecule has 0 saturated heterocycles. The first-order valence-electron chi connectivity index (χ1n) is 5.54. The Balaban J connectivity index is 2.55. The number of aliphatic hydroxyl groups is 1. The molecule has 84 valence electrons. The molecule has 2 heterocycles. The number of hydrogen-bond donors (Lipinski definition) is 1. The maximum Gasteiger partial charge on any atom is 0.0968 e. The van der Waals surface area contributed by atoms with Crippen molar-refractivity contribution in [1.29, 1.82) is 0 Å². The number of aryl methyl sites for hydroxylation is 1. The number of nitrogens with zero attached hydrogens (tertiary/aromatic N) is 2. The quantitative estimate of drug-likeness (QED) is 0.646. The molecule has 17 heavy (non-hydrogen) atoms. The molecule has 0 aliphatic heterocycles. The van der Waals surface area contributed by atoms with E-state index in [1.807, 2.05) is 37.3 Å². The Morgan fingerprint density at radius 3 is 2.88 bits per heavy atom. The van der Waals surface area contributed by atoms with Gasteiger partial charge in [0.2, 0.25) is 0 Å². The van der Waals surface area contributed by atoms with Crippen molar-refractivity contribution < 1.29 is 5.11 Å². The minimum atomic E-state index is 0.0199. The lowest BCUT2D eigenvalue weighted by Gasteiger charge is -2.07. The highest BCUT2D eigenvalue weighted by Crippen LogP contribution is 2.26. The summed E-state index contributed by atoms with van der Waals surface area (Å²) in [4.78, 5) is 8.92. The number of hydrogen-bond acceptors (Lipinski definition) is 3. The van der Waals surface area contributed by atoms with Gasteiger partial charge in [0.15, 0.2) is 0 Å². The average Bonchev–Trinajstić information content (AvgIpc) is 2.38. The topological polar surface area (TPSA) is 46.0 Å². The Morgan fingerprint density at radius 1 is 1.18 bits per heavy atom. The van der Waals surface area contributed by atoms with Gasteiger partial charge in [-0.05, 0) is 30.7 Å². The summed E-state index contributed by atoms with van der Waals surface area (Å²) in [5, 5.41) is 11.4. The second-order valence-electron chi connectivity index (χ2n) is 4.12. The third-order valence-electron chi connectivity index (χ3n) is 2.94. The molecule has 0 aliphatic rings. The SMILES string of the molecule is Cc1ccc2cc(CO)c3cccnc3c2n1. The highest BCUT2D eigenvalue weighted by atomic mass is 16.3. The van der Waals surface area contributed by atoms with Crippen LogP contribution in [0.4, 0.5) is 0 Å². The highest BCUT2D eigenvalue weighted by Gasteiger charge is 2.07. The molecule has 0 unspecified atom stereocenters. The summed E-state index contributed by atoms with van der Waals surface area (Å²) in [6.07, 6.45) is 1.76. The van der Waals surface area contributed by atoms with Crippen LogP contribution < -0.4 is 0 Å². The lowest BCUT2D eigenvalue weighted by atomic mass is 10.0. The predicted octanol–water partition coefficient (Wildman–Crippen LogP) is 2.58. The standard InChI is InChI=1S/C14H12N2O/c1-9-4-5-10-7-11(8-17)12-3-2-6-15-14(12)13(10)16-9/h2-7,17H,8H2,1H3. The molecule has 3 rings (SSSR count). The van der Waals surface area contributed by atoms with Crippen LogP contribution in [0.25, 0.3) is 21.8 Å². The first kappa shape index (κ1) is 10.2. The molecule has 0 bridgehead atoms. The zero-order valence-corrected chi connectivity index (χ0v) is 9.51. The largest absolute Gasteiger partial charge is 0.392 e. The van der Waals surface area contributed by atoms with E-state index < -0.39 is 0 Å². The van der Waals surface area contributed by atoms with Crippen molar-refractivity contribution in [2.45, 2.75) is 13.5 Å². The second kappa shape index (κ2) is 3.79. The van der Waals surface area contributed by atoms with Gasteiger partial charge in [-0.25, -0.2) is 0 Å². The molecular formula is C14H12N2O. The molecular weight excluding hydrogens is 212 g/mol. The fraction of sp³-hybridized carbons (Fsp3) is 0.143. The van der Waals surface area contributed by atoms with Crippen LogP contribution >= 0.6 is 0 Å². The van der Waals surface area contributed by atoms with Crippen LogP contribution in [0.1, 0.15) is 11.3 Å². The van der Waals surface area contributed by atoms with E-state index >= 15 is 0 Å². The summed E-state index contributed by atoms with van der Waals surface area (Å²) in [5.74, 6) is 0. The predicted molar refractivity (Wildman–Crippen MR) is 67.7 cm³/mol. The monoisotopic (exact) mass is 224 g/mol. The maximum atomic E-state index is 9.40. The van der Waals surface area contributed by atoms with Crippen LogP contribution in [0, 0.1) is 6.92 Å². The van der Waals surface area contributed by atoms with E-state index in [9.17, 15) is 5.11 Å². The summed E-state index contributed by atoms with van der Waals surface area (Å²) in [6.45, 7) is 1.99. The van der Waals surface area contributed by atoms with E-state index in [0.29, 0.717) is 0 Å². The van der Waals surface area contributed by atoms with Gasteiger partial charge >= 0.3 is 0 Å². The zero-order valence-electron chi connectivity index (χ0n) is 9.51. The molecule has 0 atom stereocenters. The number of fused-ring (bicyclic) bond motifs is 3. The molecule has 0 fully saturated rings. The van der Waals surface area contributed by atoms with Gasteiger partial charge in [0, 0.05) is 22.7 Å². The van der Waals surface area contributed by atoms with Crippen LogP contribution in [-0.4, -0.2) is 15.1 Å². The number of rotatable bonds is 1. The number of aromatic nitrogens is 2. The summed E-state index contributed by atoms with van der Waals surface area (Å²) >= 11 is 0.